The van der Waals surface area contributed by atoms with E-state index in [9.17, 15) is 15.3 Å². The quantitative estimate of drug-likeness (QED) is 0.246. The second-order valence-electron chi connectivity index (χ2n) is 7.39. The number of hydrogen-bond acceptors (Lipinski definition) is 5. The molecule has 0 aromatic heterocycles. The van der Waals surface area contributed by atoms with Crippen molar-refractivity contribution in [1.82, 2.24) is 0 Å². The Morgan fingerprint density at radius 2 is 1.86 bits per heavy atom. The fourth-order valence-electron chi connectivity index (χ4n) is 3.18. The van der Waals surface area contributed by atoms with Crippen LogP contribution in [0.5, 0.6) is 11.5 Å². The van der Waals surface area contributed by atoms with E-state index in [0.717, 1.165) is 11.1 Å². The molecule has 176 valence electrons. The maximum atomic E-state index is 12.8. The van der Waals surface area contributed by atoms with Crippen molar-refractivity contribution < 1.29 is 14.3 Å². The Morgan fingerprint density at radius 1 is 1.11 bits per heavy atom. The van der Waals surface area contributed by atoms with Crippen molar-refractivity contribution in [2.24, 2.45) is 0 Å². The largest absolute Gasteiger partial charge is 0.490 e. The fraction of sp³-hybridized carbons (Fsp3) is 0.148. The Labute approximate surface area is 217 Å². The molecule has 0 atom stereocenters. The van der Waals surface area contributed by atoms with Gasteiger partial charge in [0.15, 0.2) is 11.5 Å². The van der Waals surface area contributed by atoms with E-state index in [1.54, 1.807) is 42.5 Å². The van der Waals surface area contributed by atoms with E-state index in [2.05, 4.69) is 27.3 Å². The second-order valence-corrected chi connectivity index (χ2v) is 8.69. The number of aryl methyl sites for hydroxylation is 1. The molecule has 35 heavy (non-hydrogen) atoms. The van der Waals surface area contributed by atoms with Crippen LogP contribution >= 0.6 is 27.5 Å². The van der Waals surface area contributed by atoms with Gasteiger partial charge in [0, 0.05) is 20.7 Å². The maximum Gasteiger partial charge on any atom is 0.266 e. The van der Waals surface area contributed by atoms with Crippen LogP contribution in [0.2, 0.25) is 5.02 Å². The molecule has 1 N–H and O–H groups in total. The van der Waals surface area contributed by atoms with Gasteiger partial charge in [0.2, 0.25) is 0 Å². The van der Waals surface area contributed by atoms with Crippen LogP contribution in [0.4, 0.5) is 5.69 Å². The second kappa shape index (κ2) is 12.1. The summed E-state index contributed by atoms with van der Waals surface area (Å²) in [5.74, 6) is 0.345. The molecule has 0 saturated carbocycles. The summed E-state index contributed by atoms with van der Waals surface area (Å²) < 4.78 is 12.3. The molecule has 0 radical (unpaired) electrons. The molecule has 1 amide bonds. The van der Waals surface area contributed by atoms with Crippen LogP contribution < -0.4 is 14.8 Å². The Kier molecular flexibility index (Phi) is 8.92. The zero-order valence-electron chi connectivity index (χ0n) is 19.1. The van der Waals surface area contributed by atoms with Crippen LogP contribution in [0.15, 0.2) is 64.6 Å². The molecule has 3 aromatic rings. The number of carbonyl (C=O) groups is 1. The summed E-state index contributed by atoms with van der Waals surface area (Å²) in [6.07, 6.45) is 1.47. The number of carbonyl (C=O) groups excluding carboxylic acids is 1. The number of nitriles is 2. The van der Waals surface area contributed by atoms with Crippen molar-refractivity contribution in [3.05, 3.63) is 91.9 Å². The first-order valence-corrected chi connectivity index (χ1v) is 11.8. The Morgan fingerprint density at radius 3 is 2.57 bits per heavy atom. The minimum Gasteiger partial charge on any atom is -0.490 e. The van der Waals surface area contributed by atoms with Crippen molar-refractivity contribution in [1.29, 1.82) is 10.5 Å². The highest BCUT2D eigenvalue weighted by Gasteiger charge is 2.15. The van der Waals surface area contributed by atoms with E-state index in [0.29, 0.717) is 44.4 Å². The molecule has 0 aliphatic rings. The molecule has 0 fully saturated rings. The zero-order valence-corrected chi connectivity index (χ0v) is 21.4. The topological polar surface area (TPSA) is 95.1 Å². The zero-order chi connectivity index (χ0) is 25.4. The van der Waals surface area contributed by atoms with E-state index >= 15 is 0 Å². The molecule has 3 rings (SSSR count). The SMILES string of the molecule is CCOc1cc(/C=C(\C#N)C(=O)Nc2cc(Cl)ccc2C)c(Br)cc1OCc1ccccc1C#N. The number of halogens is 2. The van der Waals surface area contributed by atoms with Gasteiger partial charge in [-0.15, -0.1) is 0 Å². The number of nitrogens with one attached hydrogen (secondary N) is 1. The first-order valence-electron chi connectivity index (χ1n) is 10.6. The van der Waals surface area contributed by atoms with Gasteiger partial charge in [0.05, 0.1) is 18.2 Å². The lowest BCUT2D eigenvalue weighted by molar-refractivity contribution is -0.112. The summed E-state index contributed by atoms with van der Waals surface area (Å²) in [5, 5.41) is 22.1. The van der Waals surface area contributed by atoms with Gasteiger partial charge in [0.1, 0.15) is 18.2 Å². The summed E-state index contributed by atoms with van der Waals surface area (Å²) in [6.45, 7) is 4.24. The molecule has 6 nitrogen and oxygen atoms in total. The molecule has 0 heterocycles. The number of ether oxygens (including phenoxy) is 2. The van der Waals surface area contributed by atoms with Crippen molar-refractivity contribution in [2.45, 2.75) is 20.5 Å². The molecular formula is C27H21BrClN3O3. The summed E-state index contributed by atoms with van der Waals surface area (Å²) in [5.41, 5.74) is 3.09. The summed E-state index contributed by atoms with van der Waals surface area (Å²) >= 11 is 9.52. The van der Waals surface area contributed by atoms with E-state index in [1.807, 2.05) is 32.0 Å². The van der Waals surface area contributed by atoms with Gasteiger partial charge in [-0.05, 0) is 61.4 Å². The van der Waals surface area contributed by atoms with Crippen molar-refractivity contribution in [2.75, 3.05) is 11.9 Å². The van der Waals surface area contributed by atoms with E-state index in [4.69, 9.17) is 21.1 Å². The molecular weight excluding hydrogens is 530 g/mol. The molecule has 8 heteroatoms. The minimum atomic E-state index is -0.559. The standard InChI is InChI=1S/C27H21BrClN3O3/c1-3-34-25-11-20(10-21(15-31)27(33)32-24-12-22(29)9-8-17(24)2)23(28)13-26(25)35-16-19-7-5-4-6-18(19)14-30/h4-13H,3,16H2,1-2H3,(H,32,33)/b21-10+. The van der Waals surface area contributed by atoms with Gasteiger partial charge in [0.25, 0.3) is 5.91 Å². The Hall–Kier alpha value is -3.78. The number of nitrogens with zero attached hydrogens (tertiary/aromatic N) is 2. The number of benzene rings is 3. The molecule has 3 aromatic carbocycles. The van der Waals surface area contributed by atoms with Gasteiger partial charge in [-0.3, -0.25) is 4.79 Å². The highest BCUT2D eigenvalue weighted by Crippen LogP contribution is 2.35. The van der Waals surface area contributed by atoms with Gasteiger partial charge in [-0.25, -0.2) is 0 Å². The lowest BCUT2D eigenvalue weighted by atomic mass is 10.1. The summed E-state index contributed by atoms with van der Waals surface area (Å²) in [4.78, 5) is 12.8. The van der Waals surface area contributed by atoms with Gasteiger partial charge < -0.3 is 14.8 Å². The molecule has 0 unspecified atom stereocenters. The molecule has 0 bridgehead atoms. The number of hydrogen-bond donors (Lipinski definition) is 1. The minimum absolute atomic E-state index is 0.0934. The summed E-state index contributed by atoms with van der Waals surface area (Å²) in [7, 11) is 0. The first kappa shape index (κ1) is 25.8. The third-order valence-electron chi connectivity index (χ3n) is 5.00. The predicted octanol–water partition coefficient (Wildman–Crippen LogP) is 6.81. The van der Waals surface area contributed by atoms with Crippen LogP contribution in [0.1, 0.15) is 29.2 Å². The molecule has 0 aliphatic heterocycles. The fourth-order valence-corrected chi connectivity index (χ4v) is 3.78. The lowest BCUT2D eigenvalue weighted by Crippen LogP contribution is -2.14. The van der Waals surface area contributed by atoms with E-state index < -0.39 is 5.91 Å². The predicted molar refractivity (Wildman–Crippen MR) is 139 cm³/mol. The normalized spacial score (nSPS) is 10.7. The average Bonchev–Trinajstić information content (AvgIpc) is 2.85. The molecule has 0 saturated heterocycles. The van der Waals surface area contributed by atoms with Gasteiger partial charge >= 0.3 is 0 Å². The van der Waals surface area contributed by atoms with Crippen molar-refractivity contribution in [3.8, 4) is 23.6 Å². The van der Waals surface area contributed by atoms with Crippen molar-refractivity contribution in [3.63, 3.8) is 0 Å². The van der Waals surface area contributed by atoms with Gasteiger partial charge in [-0.1, -0.05) is 51.8 Å². The maximum absolute atomic E-state index is 12.8. The van der Waals surface area contributed by atoms with Crippen LogP contribution in [-0.4, -0.2) is 12.5 Å². The molecule has 0 aliphatic carbocycles. The molecule has 0 spiro atoms. The van der Waals surface area contributed by atoms with Crippen LogP contribution in [0.25, 0.3) is 6.08 Å². The number of rotatable bonds is 8. The van der Waals surface area contributed by atoms with E-state index in [1.165, 1.54) is 6.08 Å². The Bertz CT molecular complexity index is 1370. The number of anilines is 1. The third kappa shape index (κ3) is 6.64. The number of amides is 1. The average molecular weight is 551 g/mol. The van der Waals surface area contributed by atoms with Crippen LogP contribution in [0.3, 0.4) is 0 Å². The monoisotopic (exact) mass is 549 g/mol. The first-order chi connectivity index (χ1) is 16.9. The van der Waals surface area contributed by atoms with Crippen molar-refractivity contribution >= 4 is 45.2 Å². The van der Waals surface area contributed by atoms with E-state index in [-0.39, 0.29) is 12.2 Å². The Balaban J connectivity index is 1.88. The lowest BCUT2D eigenvalue weighted by Gasteiger charge is -2.15. The van der Waals surface area contributed by atoms with Gasteiger partial charge in [-0.2, -0.15) is 10.5 Å². The summed E-state index contributed by atoms with van der Waals surface area (Å²) in [6, 6.07) is 19.8. The van der Waals surface area contributed by atoms with Crippen LogP contribution in [-0.2, 0) is 11.4 Å². The third-order valence-corrected chi connectivity index (χ3v) is 5.92. The highest BCUT2D eigenvalue weighted by molar-refractivity contribution is 9.10. The van der Waals surface area contributed by atoms with Crippen LogP contribution in [0, 0.1) is 29.6 Å². The highest BCUT2D eigenvalue weighted by atomic mass is 79.9. The smallest absolute Gasteiger partial charge is 0.266 e.